The van der Waals surface area contributed by atoms with Crippen LogP contribution in [0.15, 0.2) is 42.7 Å². The summed E-state index contributed by atoms with van der Waals surface area (Å²) < 4.78 is 40.4. The lowest BCUT2D eigenvalue weighted by molar-refractivity contribution is -0.192. The average molecular weight is 509 g/mol. The number of carboxylic acids is 1. The molecule has 11 heteroatoms. The van der Waals surface area contributed by atoms with Crippen molar-refractivity contribution in [2.24, 2.45) is 5.92 Å². The number of amides is 1. The van der Waals surface area contributed by atoms with Gasteiger partial charge in [-0.15, -0.1) is 0 Å². The van der Waals surface area contributed by atoms with Crippen LogP contribution in [0.1, 0.15) is 37.1 Å². The van der Waals surface area contributed by atoms with Crippen LogP contribution < -0.4 is 5.32 Å². The number of nitrogens with one attached hydrogen (secondary N) is 1. The number of carbonyl (C=O) groups excluding carboxylic acids is 1. The van der Waals surface area contributed by atoms with Gasteiger partial charge >= 0.3 is 12.1 Å². The molecule has 0 radical (unpaired) electrons. The number of hydrogen-bond acceptors (Lipinski definition) is 5. The SMILES string of the molecule is O=C(NCC1CC1)C1Cn2ccnc2C2(CCN(CCc3ccccc3)CC2)O1.O=C(O)C(F)(F)F. The van der Waals surface area contributed by atoms with Crippen molar-refractivity contribution in [3.63, 3.8) is 0 Å². The third-order valence-corrected chi connectivity index (χ3v) is 6.87. The third kappa shape index (κ3) is 6.64. The zero-order chi connectivity index (χ0) is 25.8. The molecule has 1 unspecified atom stereocenters. The molecule has 3 heterocycles. The number of ether oxygens (including phenoxy) is 1. The van der Waals surface area contributed by atoms with E-state index in [4.69, 9.17) is 14.6 Å². The monoisotopic (exact) mass is 508 g/mol. The Morgan fingerprint density at radius 1 is 1.17 bits per heavy atom. The molecule has 2 aromatic rings. The molecule has 1 saturated carbocycles. The first kappa shape index (κ1) is 26.2. The lowest BCUT2D eigenvalue weighted by atomic mass is 9.88. The Hall–Kier alpha value is -2.92. The molecule has 2 N–H and O–H groups in total. The molecule has 1 aromatic heterocycles. The van der Waals surface area contributed by atoms with E-state index in [1.54, 1.807) is 0 Å². The van der Waals surface area contributed by atoms with Gasteiger partial charge in [-0.3, -0.25) is 4.79 Å². The fourth-order valence-electron chi connectivity index (χ4n) is 4.63. The van der Waals surface area contributed by atoms with Crippen LogP contribution in [0, 0.1) is 5.92 Å². The minimum absolute atomic E-state index is 0.0298. The maximum Gasteiger partial charge on any atom is 0.490 e. The zero-order valence-corrected chi connectivity index (χ0v) is 19.9. The predicted octanol–water partition coefficient (Wildman–Crippen LogP) is 2.98. The number of aliphatic carboxylic acids is 1. The van der Waals surface area contributed by atoms with Crippen molar-refractivity contribution in [1.29, 1.82) is 0 Å². The molecule has 1 amide bonds. The fourth-order valence-corrected chi connectivity index (χ4v) is 4.63. The van der Waals surface area contributed by atoms with E-state index >= 15 is 0 Å². The molecule has 1 saturated heterocycles. The van der Waals surface area contributed by atoms with Crippen LogP contribution in [0.2, 0.25) is 0 Å². The van der Waals surface area contributed by atoms with Gasteiger partial charge in [0.05, 0.1) is 6.54 Å². The van der Waals surface area contributed by atoms with Gasteiger partial charge in [-0.1, -0.05) is 30.3 Å². The van der Waals surface area contributed by atoms with Crippen molar-refractivity contribution in [1.82, 2.24) is 19.8 Å². The van der Waals surface area contributed by atoms with Crippen LogP contribution >= 0.6 is 0 Å². The van der Waals surface area contributed by atoms with Gasteiger partial charge in [0.2, 0.25) is 0 Å². The van der Waals surface area contributed by atoms with Crippen LogP contribution in [-0.2, 0) is 32.9 Å². The van der Waals surface area contributed by atoms with Gasteiger partial charge in [-0.05, 0) is 43.6 Å². The highest BCUT2D eigenvalue weighted by atomic mass is 19.4. The van der Waals surface area contributed by atoms with E-state index in [1.807, 2.05) is 12.4 Å². The number of carbonyl (C=O) groups is 2. The normalized spacial score (nSPS) is 21.2. The topological polar surface area (TPSA) is 96.7 Å². The summed E-state index contributed by atoms with van der Waals surface area (Å²) in [5.74, 6) is -1.06. The summed E-state index contributed by atoms with van der Waals surface area (Å²) in [5.41, 5.74) is 0.941. The van der Waals surface area contributed by atoms with E-state index in [9.17, 15) is 18.0 Å². The highest BCUT2D eigenvalue weighted by Crippen LogP contribution is 2.40. The highest BCUT2D eigenvalue weighted by molar-refractivity contribution is 5.81. The minimum atomic E-state index is -5.08. The Morgan fingerprint density at radius 3 is 2.44 bits per heavy atom. The molecule has 2 aliphatic heterocycles. The Balaban J connectivity index is 0.000000384. The minimum Gasteiger partial charge on any atom is -0.475 e. The number of halogens is 3. The average Bonchev–Trinajstić information content (AvgIpc) is 3.56. The number of fused-ring (bicyclic) bond motifs is 2. The lowest BCUT2D eigenvalue weighted by Gasteiger charge is -2.45. The maximum absolute atomic E-state index is 12.7. The molecule has 8 nitrogen and oxygen atoms in total. The molecular formula is C25H31F3N4O4. The second-order valence-electron chi connectivity index (χ2n) is 9.57. The number of piperidine rings is 1. The molecule has 36 heavy (non-hydrogen) atoms. The van der Waals surface area contributed by atoms with Gasteiger partial charge in [0.25, 0.3) is 5.91 Å². The highest BCUT2D eigenvalue weighted by Gasteiger charge is 2.47. The van der Waals surface area contributed by atoms with Crippen LogP contribution in [0.5, 0.6) is 0 Å². The van der Waals surface area contributed by atoms with Crippen LogP contribution in [-0.4, -0.2) is 69.9 Å². The van der Waals surface area contributed by atoms with E-state index in [0.29, 0.717) is 12.5 Å². The Labute approximate surface area is 207 Å². The molecule has 1 aromatic carbocycles. The number of carboxylic acid groups (broad SMARTS) is 1. The van der Waals surface area contributed by atoms with Crippen molar-refractivity contribution in [2.45, 2.75) is 56.5 Å². The number of benzene rings is 1. The Kier molecular flexibility index (Phi) is 7.99. The molecule has 1 spiro atoms. The van der Waals surface area contributed by atoms with Crippen LogP contribution in [0.3, 0.4) is 0 Å². The summed E-state index contributed by atoms with van der Waals surface area (Å²) in [6, 6.07) is 10.7. The van der Waals surface area contributed by atoms with Crippen molar-refractivity contribution in [3.05, 3.63) is 54.1 Å². The molecular weight excluding hydrogens is 477 g/mol. The molecule has 1 atom stereocenters. The molecule has 0 bridgehead atoms. The smallest absolute Gasteiger partial charge is 0.475 e. The molecule has 5 rings (SSSR count). The van der Waals surface area contributed by atoms with Crippen molar-refractivity contribution in [2.75, 3.05) is 26.2 Å². The second-order valence-corrected chi connectivity index (χ2v) is 9.57. The van der Waals surface area contributed by atoms with E-state index in [-0.39, 0.29) is 5.91 Å². The van der Waals surface area contributed by atoms with E-state index < -0.39 is 23.9 Å². The summed E-state index contributed by atoms with van der Waals surface area (Å²) in [4.78, 5) is 28.8. The van der Waals surface area contributed by atoms with Gasteiger partial charge in [0.1, 0.15) is 11.4 Å². The number of likely N-dealkylation sites (tertiary alicyclic amines) is 1. The number of imidazole rings is 1. The van der Waals surface area contributed by atoms with E-state index in [0.717, 1.165) is 51.3 Å². The molecule has 2 fully saturated rings. The first-order valence-corrected chi connectivity index (χ1v) is 12.2. The van der Waals surface area contributed by atoms with Gasteiger partial charge in [0, 0.05) is 38.6 Å². The van der Waals surface area contributed by atoms with Crippen molar-refractivity contribution < 1.29 is 32.6 Å². The maximum atomic E-state index is 12.7. The number of nitrogens with zero attached hydrogens (tertiary/aromatic N) is 3. The summed E-state index contributed by atoms with van der Waals surface area (Å²) in [6.45, 7) is 4.34. The number of hydrogen-bond donors (Lipinski definition) is 2. The molecule has 196 valence electrons. The Bertz CT molecular complexity index is 1030. The summed E-state index contributed by atoms with van der Waals surface area (Å²) in [6.07, 6.45) is 3.62. The Morgan fingerprint density at radius 2 is 1.83 bits per heavy atom. The van der Waals surface area contributed by atoms with Crippen molar-refractivity contribution >= 4 is 11.9 Å². The quantitative estimate of drug-likeness (QED) is 0.623. The largest absolute Gasteiger partial charge is 0.490 e. The predicted molar refractivity (Wildman–Crippen MR) is 124 cm³/mol. The number of aromatic nitrogens is 2. The van der Waals surface area contributed by atoms with Gasteiger partial charge < -0.3 is 24.6 Å². The standard InChI is InChI=1S/C23H30N4O2.C2HF3O2/c28-21(25-16-19-6-7-19)20-17-27-15-11-24-22(27)23(29-20)9-13-26(14-10-23)12-8-18-4-2-1-3-5-18;3-2(4,5)1(6)7/h1-5,11,15,19-20H,6-10,12-14,16-17H2,(H,25,28);(H,6,7). The lowest BCUT2D eigenvalue weighted by Crippen LogP contribution is -2.54. The number of rotatable bonds is 6. The third-order valence-electron chi connectivity index (χ3n) is 6.87. The van der Waals surface area contributed by atoms with Gasteiger partial charge in [-0.25, -0.2) is 9.78 Å². The molecule has 3 aliphatic rings. The van der Waals surface area contributed by atoms with Crippen LogP contribution in [0.4, 0.5) is 13.2 Å². The summed E-state index contributed by atoms with van der Waals surface area (Å²) >= 11 is 0. The van der Waals surface area contributed by atoms with Crippen LogP contribution in [0.25, 0.3) is 0 Å². The van der Waals surface area contributed by atoms with E-state index in [2.05, 4.69) is 50.1 Å². The fraction of sp³-hybridized carbons (Fsp3) is 0.560. The first-order chi connectivity index (χ1) is 17.2. The van der Waals surface area contributed by atoms with Gasteiger partial charge in [0.15, 0.2) is 6.10 Å². The first-order valence-electron chi connectivity index (χ1n) is 12.2. The van der Waals surface area contributed by atoms with Gasteiger partial charge in [-0.2, -0.15) is 13.2 Å². The second kappa shape index (κ2) is 11.0. The summed E-state index contributed by atoms with van der Waals surface area (Å²) in [5, 5.41) is 10.2. The van der Waals surface area contributed by atoms with Crippen molar-refractivity contribution in [3.8, 4) is 0 Å². The zero-order valence-electron chi connectivity index (χ0n) is 19.9. The number of alkyl halides is 3. The summed E-state index contributed by atoms with van der Waals surface area (Å²) in [7, 11) is 0. The van der Waals surface area contributed by atoms with E-state index in [1.165, 1.54) is 18.4 Å². The molecule has 1 aliphatic carbocycles.